The molecule has 0 radical (unpaired) electrons. The fourth-order valence-corrected chi connectivity index (χ4v) is 10.2. The minimum absolute atomic E-state index is 0.122. The molecule has 328 valence electrons. The Morgan fingerprint density at radius 1 is 0.875 bits per heavy atom. The van der Waals surface area contributed by atoms with E-state index in [9.17, 15) is 0 Å². The van der Waals surface area contributed by atoms with Gasteiger partial charge in [0.2, 0.25) is 6.23 Å². The molecule has 2 aromatic carbocycles. The summed E-state index contributed by atoms with van der Waals surface area (Å²) in [6, 6.07) is 11.9. The van der Waals surface area contributed by atoms with Crippen molar-refractivity contribution in [2.45, 2.75) is 116 Å². The molecule has 1 saturated carbocycles. The lowest BCUT2D eigenvalue weighted by Crippen LogP contribution is -2.43. The van der Waals surface area contributed by atoms with Crippen LogP contribution in [-0.4, -0.2) is 74.7 Å². The van der Waals surface area contributed by atoms with Crippen molar-refractivity contribution in [1.29, 1.82) is 0 Å². The van der Waals surface area contributed by atoms with Crippen LogP contribution in [0, 0.1) is 0 Å². The maximum Gasteiger partial charge on any atom is 0.278 e. The van der Waals surface area contributed by atoms with Gasteiger partial charge in [0.25, 0.3) is 12.2 Å². The molecule has 2 fully saturated rings. The Bertz CT molecular complexity index is 2970. The van der Waals surface area contributed by atoms with Gasteiger partial charge in [0.15, 0.2) is 22.9 Å². The lowest BCUT2D eigenvalue weighted by atomic mass is 10.0. The number of hydrogen-bond donors (Lipinski definition) is 0. The summed E-state index contributed by atoms with van der Waals surface area (Å²) in [5.74, 6) is 1.68. The quantitative estimate of drug-likeness (QED) is 0.123. The number of amidine groups is 1. The molecule has 9 heterocycles. The highest BCUT2D eigenvalue weighted by Crippen LogP contribution is 2.41. The molecule has 12 rings (SSSR count). The first-order valence-electron chi connectivity index (χ1n) is 22.3. The van der Waals surface area contributed by atoms with Crippen LogP contribution in [0.5, 0.6) is 0 Å². The zero-order chi connectivity index (χ0) is 43.2. The number of halogens is 2. The van der Waals surface area contributed by atoms with E-state index in [-0.39, 0.29) is 24.4 Å². The number of imidazole rings is 2. The van der Waals surface area contributed by atoms with Crippen LogP contribution in [0.2, 0.25) is 10.0 Å². The number of fused-ring (bicyclic) bond motifs is 10. The van der Waals surface area contributed by atoms with Crippen molar-refractivity contribution >= 4 is 29.0 Å². The number of rotatable bonds is 10. The van der Waals surface area contributed by atoms with Crippen LogP contribution in [0.15, 0.2) is 71.1 Å². The van der Waals surface area contributed by atoms with Gasteiger partial charge >= 0.3 is 0 Å². The number of benzene rings is 2. The SMILES string of the molecule is CCn1cc2c(n1)-c1cc(Cl)ccc1-n1c[n+](C3CCC(Cn4cc5c(n4)-c4cc(Cl)ccc4-n4cnc(-c6nc(C(C)C)no6)c4C5)O3)c(C3=NOC(COC4CCCC4)[N-]3)c1C2. The Balaban J connectivity index is 0.867. The number of oxime groups is 1. The van der Waals surface area contributed by atoms with Gasteiger partial charge in [-0.25, -0.2) is 9.55 Å². The van der Waals surface area contributed by atoms with Crippen molar-refractivity contribution in [1.82, 2.24) is 43.8 Å². The Kier molecular flexibility index (Phi) is 9.76. The summed E-state index contributed by atoms with van der Waals surface area (Å²) in [7, 11) is 0. The van der Waals surface area contributed by atoms with Crippen molar-refractivity contribution in [3.05, 3.63) is 111 Å². The third kappa shape index (κ3) is 6.84. The second kappa shape index (κ2) is 15.7. The minimum Gasteiger partial charge on any atom is -0.488 e. The van der Waals surface area contributed by atoms with Gasteiger partial charge in [-0.1, -0.05) is 55.0 Å². The highest BCUT2D eigenvalue weighted by molar-refractivity contribution is 6.31. The molecule has 4 aliphatic heterocycles. The molecule has 5 aliphatic rings. The fourth-order valence-electron chi connectivity index (χ4n) is 9.89. The van der Waals surface area contributed by atoms with E-state index in [0.717, 1.165) is 94.3 Å². The third-order valence-corrected chi connectivity index (χ3v) is 13.5. The van der Waals surface area contributed by atoms with Crippen molar-refractivity contribution in [2.75, 3.05) is 6.61 Å². The lowest BCUT2D eigenvalue weighted by Gasteiger charge is -2.20. The molecule has 0 amide bonds. The van der Waals surface area contributed by atoms with E-state index in [0.29, 0.717) is 59.3 Å². The molecule has 18 heteroatoms. The Labute approximate surface area is 378 Å². The van der Waals surface area contributed by atoms with E-state index in [2.05, 4.69) is 60.7 Å². The standard InChI is InChI=1S/C46H46Cl2N12O4/c1-4-56-19-27-16-37-43(45-50-38(63-55-45)22-61-30-7-5-6-8-30)60(24-59(37)35-13-10-29(48)18-33(35)40(27)52-56)39-14-11-31(62-39)21-57-20-26-15-36-42(46-51-44(25(2)3)54-64-46)49-23-58(36)34-12-9-28(47)17-32(34)41(26)53-57/h9-10,12-13,17-20,23-25,30-31,38-39H,4-8,11,14-16,21-22H2,1-3H3. The van der Waals surface area contributed by atoms with Gasteiger partial charge in [-0.2, -0.15) is 19.7 Å². The summed E-state index contributed by atoms with van der Waals surface area (Å²) < 4.78 is 29.5. The van der Waals surface area contributed by atoms with Gasteiger partial charge < -0.3 is 28.7 Å². The van der Waals surface area contributed by atoms with Crippen molar-refractivity contribution in [3.8, 4) is 45.5 Å². The van der Waals surface area contributed by atoms with Crippen molar-refractivity contribution < 1.29 is 23.4 Å². The number of aryl methyl sites for hydroxylation is 1. The summed E-state index contributed by atoms with van der Waals surface area (Å²) in [4.78, 5) is 15.4. The maximum absolute atomic E-state index is 7.01. The molecule has 16 nitrogen and oxygen atoms in total. The molecular formula is C46H46Cl2N12O4. The first kappa shape index (κ1) is 39.8. The molecule has 7 aromatic rings. The molecule has 5 aromatic heterocycles. The van der Waals surface area contributed by atoms with Gasteiger partial charge in [0, 0.05) is 76.7 Å². The number of ether oxygens (including phenoxy) is 2. The smallest absolute Gasteiger partial charge is 0.278 e. The third-order valence-electron chi connectivity index (χ3n) is 13.1. The molecular weight excluding hydrogens is 855 g/mol. The predicted molar refractivity (Wildman–Crippen MR) is 237 cm³/mol. The molecule has 0 spiro atoms. The van der Waals surface area contributed by atoms with Crippen molar-refractivity contribution in [2.24, 2.45) is 5.16 Å². The largest absolute Gasteiger partial charge is 0.488 e. The first-order chi connectivity index (χ1) is 31.2. The normalized spacial score (nSPS) is 19.9. The minimum atomic E-state index is -0.526. The van der Waals surface area contributed by atoms with Gasteiger partial charge in [-0.3, -0.25) is 14.5 Å². The van der Waals surface area contributed by atoms with Crippen LogP contribution in [0.3, 0.4) is 0 Å². The molecule has 3 atom stereocenters. The summed E-state index contributed by atoms with van der Waals surface area (Å²) in [5, 5.41) is 25.4. The van der Waals surface area contributed by atoms with Crippen LogP contribution < -0.4 is 4.57 Å². The summed E-state index contributed by atoms with van der Waals surface area (Å²) in [6.07, 6.45) is 14.7. The van der Waals surface area contributed by atoms with E-state index in [4.69, 9.17) is 62.5 Å². The molecule has 64 heavy (non-hydrogen) atoms. The Hall–Kier alpha value is -5.81. The zero-order valence-electron chi connectivity index (χ0n) is 35.7. The van der Waals surface area contributed by atoms with Gasteiger partial charge in [0.1, 0.15) is 23.9 Å². The topological polar surface area (TPSA) is 155 Å². The molecule has 1 aliphatic carbocycles. The summed E-state index contributed by atoms with van der Waals surface area (Å²) in [5.41, 5.74) is 11.1. The molecule has 3 unspecified atom stereocenters. The summed E-state index contributed by atoms with van der Waals surface area (Å²) in [6.45, 7) is 7.82. The van der Waals surface area contributed by atoms with E-state index in [1.807, 2.05) is 59.9 Å². The Morgan fingerprint density at radius 3 is 2.33 bits per heavy atom. The molecule has 1 saturated heterocycles. The average molecular weight is 902 g/mol. The number of nitrogens with zero attached hydrogens (tertiary/aromatic N) is 12. The van der Waals surface area contributed by atoms with E-state index < -0.39 is 6.23 Å². The van der Waals surface area contributed by atoms with E-state index in [1.54, 1.807) is 0 Å². The second-order valence-corrected chi connectivity index (χ2v) is 18.5. The van der Waals surface area contributed by atoms with Gasteiger partial charge in [-0.05, 0) is 62.6 Å². The predicted octanol–water partition coefficient (Wildman–Crippen LogP) is 8.71. The first-order valence-corrected chi connectivity index (χ1v) is 23.0. The summed E-state index contributed by atoms with van der Waals surface area (Å²) >= 11 is 13.3. The number of aromatic nitrogens is 10. The lowest BCUT2D eigenvalue weighted by molar-refractivity contribution is -0.759. The highest BCUT2D eigenvalue weighted by atomic mass is 35.5. The second-order valence-electron chi connectivity index (χ2n) is 17.6. The fraction of sp³-hybridized carbons (Fsp3) is 0.413. The molecule has 0 bridgehead atoms. The number of hydrogen-bond acceptors (Lipinski definition) is 10. The van der Waals surface area contributed by atoms with Crippen molar-refractivity contribution in [3.63, 3.8) is 0 Å². The van der Waals surface area contributed by atoms with Gasteiger partial charge in [-0.15, -0.1) is 0 Å². The molecule has 0 N–H and O–H groups in total. The van der Waals surface area contributed by atoms with Crippen LogP contribution in [-0.2, 0) is 40.2 Å². The van der Waals surface area contributed by atoms with Crippen LogP contribution >= 0.6 is 23.2 Å². The van der Waals surface area contributed by atoms with Crippen LogP contribution in [0.25, 0.3) is 50.8 Å². The maximum atomic E-state index is 7.01. The highest BCUT2D eigenvalue weighted by Gasteiger charge is 2.40. The van der Waals surface area contributed by atoms with Crippen LogP contribution in [0.1, 0.15) is 105 Å². The van der Waals surface area contributed by atoms with Crippen LogP contribution in [0.4, 0.5) is 0 Å². The van der Waals surface area contributed by atoms with Gasteiger partial charge in [0.05, 0.1) is 48.0 Å². The van der Waals surface area contributed by atoms with E-state index >= 15 is 0 Å². The van der Waals surface area contributed by atoms with E-state index in [1.165, 1.54) is 12.8 Å². The Morgan fingerprint density at radius 2 is 1.59 bits per heavy atom. The monoisotopic (exact) mass is 900 g/mol. The zero-order valence-corrected chi connectivity index (χ0v) is 37.2. The average Bonchev–Trinajstić information content (AvgIpc) is 4.14.